The van der Waals surface area contributed by atoms with Gasteiger partial charge in [-0.15, -0.1) is 11.3 Å². The molecule has 0 fully saturated rings. The lowest BCUT2D eigenvalue weighted by molar-refractivity contribution is 1.26. The van der Waals surface area contributed by atoms with E-state index < -0.39 is 0 Å². The minimum absolute atomic E-state index is 0.932. The minimum Gasteiger partial charge on any atom is -0.359 e. The van der Waals surface area contributed by atoms with E-state index in [1.807, 2.05) is 13.1 Å². The maximum atomic E-state index is 4.29. The summed E-state index contributed by atoms with van der Waals surface area (Å²) in [5, 5.41) is 4.38. The van der Waals surface area contributed by atoms with Crippen LogP contribution in [-0.2, 0) is 6.42 Å². The van der Waals surface area contributed by atoms with Crippen LogP contribution in [-0.4, -0.2) is 4.98 Å². The van der Waals surface area contributed by atoms with Gasteiger partial charge in [0.2, 0.25) is 0 Å². The standard InChI is InChI=1S/C13H12N2S/c1-8-5-11-6-10(3-4-12(11)15-8)13-7-14-9(2)16-13/h3-4,6-7,15H,1,5H2,2H3. The average Bonchev–Trinajstić information content (AvgIpc) is 2.81. The van der Waals surface area contributed by atoms with Gasteiger partial charge in [0, 0.05) is 24.0 Å². The summed E-state index contributed by atoms with van der Waals surface area (Å²) in [6.45, 7) is 5.99. The van der Waals surface area contributed by atoms with Gasteiger partial charge in [-0.2, -0.15) is 0 Å². The molecule has 3 heteroatoms. The number of benzene rings is 1. The molecule has 1 aliphatic rings. The Balaban J connectivity index is 2.05. The van der Waals surface area contributed by atoms with Crippen molar-refractivity contribution in [3.63, 3.8) is 0 Å². The molecular weight excluding hydrogens is 216 g/mol. The van der Waals surface area contributed by atoms with Gasteiger partial charge in [0.25, 0.3) is 0 Å². The average molecular weight is 228 g/mol. The number of rotatable bonds is 1. The summed E-state index contributed by atoms with van der Waals surface area (Å²) in [5.41, 5.74) is 4.84. The Morgan fingerprint density at radius 3 is 3.06 bits per heavy atom. The van der Waals surface area contributed by atoms with Gasteiger partial charge in [-0.05, 0) is 30.2 Å². The number of nitrogens with one attached hydrogen (secondary N) is 1. The molecule has 0 atom stereocenters. The monoisotopic (exact) mass is 228 g/mol. The molecule has 0 unspecified atom stereocenters. The lowest BCUT2D eigenvalue weighted by Crippen LogP contribution is -1.86. The molecule has 1 aromatic heterocycles. The Kier molecular flexibility index (Phi) is 2.07. The third-order valence-corrected chi connectivity index (χ3v) is 3.69. The second-order valence-corrected chi connectivity index (χ2v) is 5.26. The quantitative estimate of drug-likeness (QED) is 0.806. The molecule has 0 saturated heterocycles. The molecule has 2 aromatic rings. The fraction of sp³-hybridized carbons (Fsp3) is 0.154. The van der Waals surface area contributed by atoms with Gasteiger partial charge >= 0.3 is 0 Å². The third kappa shape index (κ3) is 1.53. The summed E-state index contributed by atoms with van der Waals surface area (Å²) in [4.78, 5) is 5.52. The fourth-order valence-electron chi connectivity index (χ4n) is 1.97. The first-order valence-corrected chi connectivity index (χ1v) is 6.04. The van der Waals surface area contributed by atoms with Gasteiger partial charge in [-0.25, -0.2) is 4.98 Å². The Morgan fingerprint density at radius 2 is 2.31 bits per heavy atom. The number of hydrogen-bond donors (Lipinski definition) is 1. The van der Waals surface area contributed by atoms with Gasteiger partial charge in [0.15, 0.2) is 0 Å². The number of nitrogens with zero attached hydrogens (tertiary/aromatic N) is 1. The van der Waals surface area contributed by atoms with E-state index in [4.69, 9.17) is 0 Å². The van der Waals surface area contributed by atoms with Crippen molar-refractivity contribution < 1.29 is 0 Å². The molecule has 1 aromatic carbocycles. The highest BCUT2D eigenvalue weighted by atomic mass is 32.1. The zero-order chi connectivity index (χ0) is 11.1. The van der Waals surface area contributed by atoms with Crippen LogP contribution in [0.4, 0.5) is 5.69 Å². The van der Waals surface area contributed by atoms with Gasteiger partial charge in [0.1, 0.15) is 0 Å². The van der Waals surface area contributed by atoms with Crippen molar-refractivity contribution in [3.8, 4) is 10.4 Å². The Hall–Kier alpha value is -1.61. The van der Waals surface area contributed by atoms with Crippen LogP contribution < -0.4 is 5.32 Å². The molecule has 0 radical (unpaired) electrons. The maximum Gasteiger partial charge on any atom is 0.0900 e. The van der Waals surface area contributed by atoms with Gasteiger partial charge < -0.3 is 5.32 Å². The van der Waals surface area contributed by atoms with Crippen LogP contribution in [0.25, 0.3) is 10.4 Å². The topological polar surface area (TPSA) is 24.9 Å². The predicted octanol–water partition coefficient (Wildman–Crippen LogP) is 3.60. The summed E-state index contributed by atoms with van der Waals surface area (Å²) >= 11 is 1.73. The molecule has 2 heterocycles. The first-order chi connectivity index (χ1) is 7.72. The molecule has 2 nitrogen and oxygen atoms in total. The van der Waals surface area contributed by atoms with Crippen molar-refractivity contribution in [2.45, 2.75) is 13.3 Å². The highest BCUT2D eigenvalue weighted by Crippen LogP contribution is 2.33. The number of hydrogen-bond acceptors (Lipinski definition) is 3. The van der Waals surface area contributed by atoms with E-state index in [1.54, 1.807) is 11.3 Å². The zero-order valence-electron chi connectivity index (χ0n) is 9.08. The van der Waals surface area contributed by atoms with Crippen molar-refractivity contribution in [3.05, 3.63) is 47.2 Å². The van der Waals surface area contributed by atoms with Crippen LogP contribution in [0.2, 0.25) is 0 Å². The molecule has 1 aliphatic heterocycles. The highest BCUT2D eigenvalue weighted by Gasteiger charge is 2.14. The van der Waals surface area contributed by atoms with E-state index in [-0.39, 0.29) is 0 Å². The van der Waals surface area contributed by atoms with Crippen LogP contribution in [0, 0.1) is 6.92 Å². The fourth-order valence-corrected chi connectivity index (χ4v) is 2.75. The van der Waals surface area contributed by atoms with Gasteiger partial charge in [0.05, 0.1) is 9.88 Å². The van der Waals surface area contributed by atoms with E-state index in [2.05, 4.69) is 35.1 Å². The summed E-state index contributed by atoms with van der Waals surface area (Å²) in [5.74, 6) is 0. The second kappa shape index (κ2) is 3.46. The van der Waals surface area contributed by atoms with Crippen molar-refractivity contribution in [1.29, 1.82) is 0 Å². The lowest BCUT2D eigenvalue weighted by atomic mass is 10.1. The number of thiazole rings is 1. The number of anilines is 1. The largest absolute Gasteiger partial charge is 0.359 e. The van der Waals surface area contributed by atoms with Crippen LogP contribution in [0.3, 0.4) is 0 Å². The van der Waals surface area contributed by atoms with Crippen LogP contribution in [0.5, 0.6) is 0 Å². The summed E-state index contributed by atoms with van der Waals surface area (Å²) in [7, 11) is 0. The van der Waals surface area contributed by atoms with E-state index >= 15 is 0 Å². The predicted molar refractivity (Wildman–Crippen MR) is 68.8 cm³/mol. The normalized spacial score (nSPS) is 13.7. The van der Waals surface area contributed by atoms with Gasteiger partial charge in [-0.1, -0.05) is 12.6 Å². The van der Waals surface area contributed by atoms with Crippen molar-refractivity contribution in [2.24, 2.45) is 0 Å². The van der Waals surface area contributed by atoms with E-state index in [9.17, 15) is 0 Å². The number of aryl methyl sites for hydroxylation is 1. The summed E-state index contributed by atoms with van der Waals surface area (Å²) < 4.78 is 0. The second-order valence-electron chi connectivity index (χ2n) is 4.02. The summed E-state index contributed by atoms with van der Waals surface area (Å²) in [6.07, 6.45) is 2.87. The zero-order valence-corrected chi connectivity index (χ0v) is 9.90. The molecule has 0 amide bonds. The molecule has 0 spiro atoms. The number of aromatic nitrogens is 1. The van der Waals surface area contributed by atoms with Crippen molar-refractivity contribution >= 4 is 17.0 Å². The summed E-state index contributed by atoms with van der Waals surface area (Å²) in [6, 6.07) is 6.49. The minimum atomic E-state index is 0.932. The SMILES string of the molecule is C=C1Cc2cc(-c3cnc(C)s3)ccc2N1. The lowest BCUT2D eigenvalue weighted by Gasteiger charge is -2.01. The molecule has 0 aliphatic carbocycles. The molecule has 0 saturated carbocycles. The molecular formula is C13H12N2S. The molecule has 0 bridgehead atoms. The smallest absolute Gasteiger partial charge is 0.0900 e. The van der Waals surface area contributed by atoms with Crippen molar-refractivity contribution in [2.75, 3.05) is 5.32 Å². The maximum absolute atomic E-state index is 4.29. The third-order valence-electron chi connectivity index (χ3n) is 2.73. The van der Waals surface area contributed by atoms with E-state index in [0.29, 0.717) is 0 Å². The number of allylic oxidation sites excluding steroid dienone is 1. The highest BCUT2D eigenvalue weighted by molar-refractivity contribution is 7.15. The molecule has 80 valence electrons. The Morgan fingerprint density at radius 1 is 1.44 bits per heavy atom. The van der Waals surface area contributed by atoms with E-state index in [1.165, 1.54) is 21.7 Å². The first kappa shape index (κ1) is 9.60. The van der Waals surface area contributed by atoms with Crippen LogP contribution in [0.15, 0.2) is 36.7 Å². The molecule has 16 heavy (non-hydrogen) atoms. The first-order valence-electron chi connectivity index (χ1n) is 5.23. The van der Waals surface area contributed by atoms with Crippen LogP contribution in [0.1, 0.15) is 10.6 Å². The number of fused-ring (bicyclic) bond motifs is 1. The molecule has 3 rings (SSSR count). The van der Waals surface area contributed by atoms with E-state index in [0.717, 1.165) is 17.1 Å². The van der Waals surface area contributed by atoms with Crippen LogP contribution >= 0.6 is 11.3 Å². The molecule has 1 N–H and O–H groups in total. The van der Waals surface area contributed by atoms with Gasteiger partial charge in [-0.3, -0.25) is 0 Å². The van der Waals surface area contributed by atoms with Crippen molar-refractivity contribution in [1.82, 2.24) is 4.98 Å². The Bertz CT molecular complexity index is 569. The Labute approximate surface area is 98.7 Å².